The highest BCUT2D eigenvalue weighted by molar-refractivity contribution is 5.01. The molecule has 0 aromatic carbocycles. The molecular weight excluding hydrogens is 180 g/mol. The SMILES string of the molecule is CCCC/C=C(\CCCC)CCCCC. The van der Waals surface area contributed by atoms with Gasteiger partial charge in [0.05, 0.1) is 0 Å². The van der Waals surface area contributed by atoms with Crippen molar-refractivity contribution in [2.75, 3.05) is 0 Å². The van der Waals surface area contributed by atoms with Crippen molar-refractivity contribution < 1.29 is 0 Å². The summed E-state index contributed by atoms with van der Waals surface area (Å²) in [6, 6.07) is 0. The highest BCUT2D eigenvalue weighted by Gasteiger charge is 1.97. The maximum absolute atomic E-state index is 2.52. The van der Waals surface area contributed by atoms with E-state index < -0.39 is 0 Å². The quantitative estimate of drug-likeness (QED) is 0.312. The van der Waals surface area contributed by atoms with Crippen LogP contribution >= 0.6 is 0 Å². The molecule has 0 fully saturated rings. The molecule has 0 bridgehead atoms. The van der Waals surface area contributed by atoms with Gasteiger partial charge < -0.3 is 0 Å². The Bertz CT molecular complexity index is 144. The summed E-state index contributed by atoms with van der Waals surface area (Å²) in [5.41, 5.74) is 1.73. The predicted molar refractivity (Wildman–Crippen MR) is 71.3 cm³/mol. The highest BCUT2D eigenvalue weighted by Crippen LogP contribution is 2.17. The van der Waals surface area contributed by atoms with E-state index in [-0.39, 0.29) is 0 Å². The van der Waals surface area contributed by atoms with E-state index in [2.05, 4.69) is 26.8 Å². The maximum Gasteiger partial charge on any atom is -0.0320 e. The third-order valence-electron chi connectivity index (χ3n) is 2.94. The Kier molecular flexibility index (Phi) is 11.6. The number of unbranched alkanes of at least 4 members (excludes halogenated alkanes) is 5. The van der Waals surface area contributed by atoms with Gasteiger partial charge in [0.25, 0.3) is 0 Å². The van der Waals surface area contributed by atoms with Crippen molar-refractivity contribution in [2.45, 2.75) is 85.0 Å². The largest absolute Gasteiger partial charge is 0.0853 e. The van der Waals surface area contributed by atoms with Crippen LogP contribution in [0.3, 0.4) is 0 Å². The lowest BCUT2D eigenvalue weighted by Gasteiger charge is -2.06. The first kappa shape index (κ1) is 14.7. The van der Waals surface area contributed by atoms with Crippen LogP contribution < -0.4 is 0 Å². The standard InChI is InChI=1S/C15H30/c1-4-7-10-13-15(12-9-6-3)14-11-8-5-2/h13H,4-12,14H2,1-3H3/b15-13+. The molecule has 0 nitrogen and oxygen atoms in total. The molecule has 0 unspecified atom stereocenters. The summed E-state index contributed by atoms with van der Waals surface area (Å²) in [7, 11) is 0. The van der Waals surface area contributed by atoms with Crippen molar-refractivity contribution in [1.82, 2.24) is 0 Å². The van der Waals surface area contributed by atoms with Gasteiger partial charge in [0, 0.05) is 0 Å². The Hall–Kier alpha value is -0.260. The summed E-state index contributed by atoms with van der Waals surface area (Å²) in [5, 5.41) is 0. The summed E-state index contributed by atoms with van der Waals surface area (Å²) in [6.07, 6.45) is 16.1. The first-order valence-corrected chi connectivity index (χ1v) is 7.03. The molecule has 0 saturated carbocycles. The van der Waals surface area contributed by atoms with Crippen molar-refractivity contribution in [3.63, 3.8) is 0 Å². The molecule has 0 aliphatic heterocycles. The molecule has 0 aromatic rings. The zero-order valence-electron chi connectivity index (χ0n) is 11.1. The van der Waals surface area contributed by atoms with E-state index in [1.165, 1.54) is 64.2 Å². The zero-order chi connectivity index (χ0) is 11.4. The van der Waals surface area contributed by atoms with E-state index in [1.807, 2.05) is 0 Å². The minimum atomic E-state index is 1.31. The van der Waals surface area contributed by atoms with Crippen LogP contribution in [0.1, 0.15) is 85.0 Å². The lowest BCUT2D eigenvalue weighted by atomic mass is 10.0. The third kappa shape index (κ3) is 10.0. The molecule has 0 aromatic heterocycles. The zero-order valence-corrected chi connectivity index (χ0v) is 11.1. The molecule has 0 heterocycles. The van der Waals surface area contributed by atoms with Crippen LogP contribution in [0.4, 0.5) is 0 Å². The maximum atomic E-state index is 2.52. The van der Waals surface area contributed by atoms with Crippen molar-refractivity contribution in [3.05, 3.63) is 11.6 Å². The molecule has 0 aliphatic carbocycles. The van der Waals surface area contributed by atoms with Crippen molar-refractivity contribution >= 4 is 0 Å². The Morgan fingerprint density at radius 1 is 0.733 bits per heavy atom. The van der Waals surface area contributed by atoms with Gasteiger partial charge in [-0.05, 0) is 32.1 Å². The van der Waals surface area contributed by atoms with E-state index in [0.717, 1.165) is 0 Å². The summed E-state index contributed by atoms with van der Waals surface area (Å²) in [5.74, 6) is 0. The predicted octanol–water partition coefficient (Wildman–Crippen LogP) is 5.87. The third-order valence-corrected chi connectivity index (χ3v) is 2.94. The van der Waals surface area contributed by atoms with Crippen LogP contribution in [0, 0.1) is 0 Å². The van der Waals surface area contributed by atoms with Crippen LogP contribution in [0.25, 0.3) is 0 Å². The molecular formula is C15H30. The summed E-state index contributed by atoms with van der Waals surface area (Å²) in [4.78, 5) is 0. The normalized spacial score (nSPS) is 12.1. The molecule has 0 atom stereocenters. The van der Waals surface area contributed by atoms with Gasteiger partial charge in [-0.15, -0.1) is 0 Å². The topological polar surface area (TPSA) is 0 Å². The average Bonchev–Trinajstić information content (AvgIpc) is 2.25. The van der Waals surface area contributed by atoms with Gasteiger partial charge in [-0.2, -0.15) is 0 Å². The molecule has 0 aliphatic rings. The van der Waals surface area contributed by atoms with Crippen LogP contribution in [0.5, 0.6) is 0 Å². The van der Waals surface area contributed by atoms with Gasteiger partial charge in [-0.3, -0.25) is 0 Å². The number of hydrogen-bond acceptors (Lipinski definition) is 0. The van der Waals surface area contributed by atoms with Crippen LogP contribution in [0.15, 0.2) is 11.6 Å². The molecule has 0 saturated heterocycles. The molecule has 15 heavy (non-hydrogen) atoms. The molecule has 0 spiro atoms. The average molecular weight is 210 g/mol. The first-order chi connectivity index (χ1) is 7.35. The summed E-state index contributed by atoms with van der Waals surface area (Å²) < 4.78 is 0. The van der Waals surface area contributed by atoms with E-state index in [0.29, 0.717) is 0 Å². The van der Waals surface area contributed by atoms with Gasteiger partial charge in [0.1, 0.15) is 0 Å². The second kappa shape index (κ2) is 11.8. The first-order valence-electron chi connectivity index (χ1n) is 7.03. The van der Waals surface area contributed by atoms with Gasteiger partial charge in [0.2, 0.25) is 0 Å². The monoisotopic (exact) mass is 210 g/mol. The fourth-order valence-electron chi connectivity index (χ4n) is 1.85. The lowest BCUT2D eigenvalue weighted by molar-refractivity contribution is 0.671. The van der Waals surface area contributed by atoms with E-state index in [1.54, 1.807) is 5.57 Å². The van der Waals surface area contributed by atoms with Crippen LogP contribution in [0.2, 0.25) is 0 Å². The van der Waals surface area contributed by atoms with Gasteiger partial charge in [0.15, 0.2) is 0 Å². The number of rotatable bonds is 10. The van der Waals surface area contributed by atoms with E-state index in [9.17, 15) is 0 Å². The van der Waals surface area contributed by atoms with Gasteiger partial charge in [-0.25, -0.2) is 0 Å². The second-order valence-electron chi connectivity index (χ2n) is 4.57. The summed E-state index contributed by atoms with van der Waals surface area (Å²) in [6.45, 7) is 6.85. The Morgan fingerprint density at radius 2 is 1.33 bits per heavy atom. The minimum absolute atomic E-state index is 1.31. The summed E-state index contributed by atoms with van der Waals surface area (Å²) >= 11 is 0. The molecule has 0 radical (unpaired) electrons. The molecule has 0 N–H and O–H groups in total. The number of hydrogen-bond donors (Lipinski definition) is 0. The second-order valence-corrected chi connectivity index (χ2v) is 4.57. The van der Waals surface area contributed by atoms with Crippen molar-refractivity contribution in [3.8, 4) is 0 Å². The fraction of sp³-hybridized carbons (Fsp3) is 0.867. The Morgan fingerprint density at radius 3 is 1.93 bits per heavy atom. The van der Waals surface area contributed by atoms with E-state index >= 15 is 0 Å². The number of allylic oxidation sites excluding steroid dienone is 2. The fourth-order valence-corrected chi connectivity index (χ4v) is 1.85. The van der Waals surface area contributed by atoms with Crippen LogP contribution in [-0.4, -0.2) is 0 Å². The Labute approximate surface area is 97.2 Å². The van der Waals surface area contributed by atoms with Crippen molar-refractivity contribution in [1.29, 1.82) is 0 Å². The smallest absolute Gasteiger partial charge is 0.0320 e. The Balaban J connectivity index is 3.76. The lowest BCUT2D eigenvalue weighted by Crippen LogP contribution is -1.86. The molecule has 90 valence electrons. The minimum Gasteiger partial charge on any atom is -0.0853 e. The molecule has 0 amide bonds. The van der Waals surface area contributed by atoms with E-state index in [4.69, 9.17) is 0 Å². The van der Waals surface area contributed by atoms with Gasteiger partial charge in [-0.1, -0.05) is 64.5 Å². The van der Waals surface area contributed by atoms with Crippen molar-refractivity contribution in [2.24, 2.45) is 0 Å². The highest BCUT2D eigenvalue weighted by atomic mass is 14.0. The molecule has 0 rings (SSSR count). The van der Waals surface area contributed by atoms with Gasteiger partial charge >= 0.3 is 0 Å². The molecule has 0 heteroatoms. The van der Waals surface area contributed by atoms with Crippen LogP contribution in [-0.2, 0) is 0 Å².